The molecule has 2 nitrogen and oxygen atoms in total. The second-order valence-electron chi connectivity index (χ2n) is 4.05. The summed E-state index contributed by atoms with van der Waals surface area (Å²) in [4.78, 5) is 0. The van der Waals surface area contributed by atoms with Crippen molar-refractivity contribution in [1.29, 1.82) is 0 Å². The fourth-order valence-corrected chi connectivity index (χ4v) is 2.25. The van der Waals surface area contributed by atoms with E-state index in [1.54, 1.807) is 0 Å². The van der Waals surface area contributed by atoms with Crippen molar-refractivity contribution in [3.8, 4) is 12.3 Å². The van der Waals surface area contributed by atoms with Crippen molar-refractivity contribution in [2.24, 2.45) is 5.84 Å². The summed E-state index contributed by atoms with van der Waals surface area (Å²) in [7, 11) is 0. The highest BCUT2D eigenvalue weighted by atomic mass is 79.9. The lowest BCUT2D eigenvalue weighted by molar-refractivity contribution is -0.137. The Hall–Kier alpha value is -1.03. The Bertz CT molecular complexity index is 466. The van der Waals surface area contributed by atoms with Gasteiger partial charge >= 0.3 is 6.18 Å². The molecule has 1 aromatic rings. The number of alkyl halides is 3. The minimum atomic E-state index is -4.37. The lowest BCUT2D eigenvalue weighted by atomic mass is 9.99. The predicted molar refractivity (Wildman–Crippen MR) is 71.9 cm³/mol. The number of hydrogen-bond acceptors (Lipinski definition) is 2. The molecule has 0 aromatic heterocycles. The first kappa shape index (κ1) is 16.0. The van der Waals surface area contributed by atoms with E-state index in [1.807, 2.05) is 0 Å². The van der Waals surface area contributed by atoms with Crippen molar-refractivity contribution in [3.05, 3.63) is 33.8 Å². The molecular formula is C13H14BrF3N2. The first-order chi connectivity index (χ1) is 8.90. The molecule has 3 N–H and O–H groups in total. The summed E-state index contributed by atoms with van der Waals surface area (Å²) in [5.74, 6) is 7.90. The van der Waals surface area contributed by atoms with E-state index < -0.39 is 11.7 Å². The van der Waals surface area contributed by atoms with E-state index in [0.29, 0.717) is 29.3 Å². The molecular weight excluding hydrogens is 321 g/mol. The molecule has 0 amide bonds. The van der Waals surface area contributed by atoms with Crippen LogP contribution < -0.4 is 11.3 Å². The van der Waals surface area contributed by atoms with Crippen LogP contribution in [0.5, 0.6) is 0 Å². The van der Waals surface area contributed by atoms with Gasteiger partial charge in [-0.1, -0.05) is 15.9 Å². The first-order valence-electron chi connectivity index (χ1n) is 5.66. The summed E-state index contributed by atoms with van der Waals surface area (Å²) in [6.45, 7) is 0. The van der Waals surface area contributed by atoms with E-state index in [-0.39, 0.29) is 6.04 Å². The Morgan fingerprint density at radius 2 is 2.11 bits per heavy atom. The van der Waals surface area contributed by atoms with Gasteiger partial charge < -0.3 is 0 Å². The molecule has 0 bridgehead atoms. The number of unbranched alkanes of at least 4 members (excludes halogenated alkanes) is 1. The first-order valence-corrected chi connectivity index (χ1v) is 6.45. The summed E-state index contributed by atoms with van der Waals surface area (Å²) in [6, 6.07) is 3.14. The van der Waals surface area contributed by atoms with E-state index in [9.17, 15) is 13.2 Å². The quantitative estimate of drug-likeness (QED) is 0.372. The predicted octanol–water partition coefficient (Wildman–Crippen LogP) is 3.78. The van der Waals surface area contributed by atoms with Crippen molar-refractivity contribution in [2.45, 2.75) is 31.5 Å². The van der Waals surface area contributed by atoms with E-state index in [4.69, 9.17) is 12.3 Å². The van der Waals surface area contributed by atoms with E-state index in [0.717, 1.165) is 12.1 Å². The minimum Gasteiger partial charge on any atom is -0.271 e. The zero-order valence-corrected chi connectivity index (χ0v) is 11.7. The molecule has 104 valence electrons. The average Bonchev–Trinajstić information content (AvgIpc) is 2.34. The summed E-state index contributed by atoms with van der Waals surface area (Å²) in [5, 5.41) is 0. The highest BCUT2D eigenvalue weighted by molar-refractivity contribution is 9.10. The molecule has 0 saturated carbocycles. The summed E-state index contributed by atoms with van der Waals surface area (Å²) >= 11 is 3.24. The third kappa shape index (κ3) is 4.53. The molecule has 0 radical (unpaired) electrons. The number of benzene rings is 1. The van der Waals surface area contributed by atoms with Crippen LogP contribution in [0.15, 0.2) is 22.7 Å². The number of rotatable bonds is 5. The van der Waals surface area contributed by atoms with Gasteiger partial charge in [0, 0.05) is 16.9 Å². The normalized spacial score (nSPS) is 13.1. The van der Waals surface area contributed by atoms with Crippen LogP contribution in [0.4, 0.5) is 13.2 Å². The van der Waals surface area contributed by atoms with Crippen LogP contribution in [0.2, 0.25) is 0 Å². The molecule has 1 unspecified atom stereocenters. The van der Waals surface area contributed by atoms with Crippen molar-refractivity contribution >= 4 is 15.9 Å². The van der Waals surface area contributed by atoms with Crippen LogP contribution in [0, 0.1) is 12.3 Å². The Morgan fingerprint density at radius 1 is 1.42 bits per heavy atom. The van der Waals surface area contributed by atoms with Gasteiger partial charge in [-0.15, -0.1) is 12.3 Å². The van der Waals surface area contributed by atoms with Gasteiger partial charge in [-0.25, -0.2) is 0 Å². The van der Waals surface area contributed by atoms with Gasteiger partial charge in [0.25, 0.3) is 0 Å². The Balaban J connectivity index is 2.99. The topological polar surface area (TPSA) is 38.0 Å². The van der Waals surface area contributed by atoms with Gasteiger partial charge in [0.2, 0.25) is 0 Å². The van der Waals surface area contributed by atoms with Gasteiger partial charge in [0.05, 0.1) is 5.56 Å². The average molecular weight is 335 g/mol. The molecule has 0 spiro atoms. The zero-order valence-electron chi connectivity index (χ0n) is 10.1. The van der Waals surface area contributed by atoms with Crippen LogP contribution in [0.1, 0.15) is 36.4 Å². The van der Waals surface area contributed by atoms with Crippen LogP contribution >= 0.6 is 15.9 Å². The molecule has 0 aliphatic rings. The van der Waals surface area contributed by atoms with Gasteiger partial charge in [-0.2, -0.15) is 13.2 Å². The zero-order chi connectivity index (χ0) is 14.5. The van der Waals surface area contributed by atoms with E-state index >= 15 is 0 Å². The Kier molecular flexibility index (Phi) is 5.85. The largest absolute Gasteiger partial charge is 0.416 e. The number of nitrogens with one attached hydrogen (secondary N) is 1. The maximum atomic E-state index is 12.7. The van der Waals surface area contributed by atoms with E-state index in [1.165, 1.54) is 6.07 Å². The Morgan fingerprint density at radius 3 is 2.63 bits per heavy atom. The van der Waals surface area contributed by atoms with Crippen LogP contribution in [0.3, 0.4) is 0 Å². The number of halogens is 4. The van der Waals surface area contributed by atoms with Crippen molar-refractivity contribution < 1.29 is 13.2 Å². The lowest BCUT2D eigenvalue weighted by Gasteiger charge is -2.19. The molecule has 1 rings (SSSR count). The number of terminal acetylenes is 1. The number of nitrogens with two attached hydrogens (primary N) is 1. The SMILES string of the molecule is C#CCCCC(NN)c1cc(C(F)(F)F)ccc1Br. The molecule has 1 atom stereocenters. The molecule has 0 fully saturated rings. The van der Waals surface area contributed by atoms with Crippen LogP contribution in [-0.2, 0) is 6.18 Å². The second kappa shape index (κ2) is 6.94. The summed E-state index contributed by atoms with van der Waals surface area (Å²) in [6.07, 6.45) is 2.60. The van der Waals surface area contributed by atoms with Crippen LogP contribution in [0.25, 0.3) is 0 Å². The number of hydrazine groups is 1. The molecule has 1 aromatic carbocycles. The second-order valence-corrected chi connectivity index (χ2v) is 4.90. The summed E-state index contributed by atoms with van der Waals surface area (Å²) in [5.41, 5.74) is 2.32. The molecule has 6 heteroatoms. The summed E-state index contributed by atoms with van der Waals surface area (Å²) < 4.78 is 38.6. The van der Waals surface area contributed by atoms with Crippen molar-refractivity contribution in [2.75, 3.05) is 0 Å². The highest BCUT2D eigenvalue weighted by Gasteiger charge is 2.31. The smallest absolute Gasteiger partial charge is 0.271 e. The fraction of sp³-hybridized carbons (Fsp3) is 0.385. The minimum absolute atomic E-state index is 0.370. The molecule has 0 heterocycles. The maximum absolute atomic E-state index is 12.7. The van der Waals surface area contributed by atoms with Gasteiger partial charge in [-0.05, 0) is 36.6 Å². The van der Waals surface area contributed by atoms with Gasteiger partial charge in [-0.3, -0.25) is 11.3 Å². The third-order valence-corrected chi connectivity index (χ3v) is 3.44. The maximum Gasteiger partial charge on any atom is 0.416 e. The standard InChI is InChI=1S/C13H14BrF3N2/c1-2-3-4-5-12(19-18)10-8-9(13(15,16)17)6-7-11(10)14/h1,6-8,12,19H,3-5,18H2. The highest BCUT2D eigenvalue weighted by Crippen LogP contribution is 2.34. The monoisotopic (exact) mass is 334 g/mol. The van der Waals surface area contributed by atoms with Crippen molar-refractivity contribution in [3.63, 3.8) is 0 Å². The van der Waals surface area contributed by atoms with Crippen molar-refractivity contribution in [1.82, 2.24) is 5.43 Å². The fourth-order valence-electron chi connectivity index (χ4n) is 1.72. The lowest BCUT2D eigenvalue weighted by Crippen LogP contribution is -2.28. The third-order valence-electron chi connectivity index (χ3n) is 2.71. The molecule has 19 heavy (non-hydrogen) atoms. The van der Waals surface area contributed by atoms with Gasteiger partial charge in [0.1, 0.15) is 0 Å². The van der Waals surface area contributed by atoms with Crippen LogP contribution in [-0.4, -0.2) is 0 Å². The molecule has 0 aliphatic heterocycles. The molecule has 0 aliphatic carbocycles. The van der Waals surface area contributed by atoms with E-state index in [2.05, 4.69) is 27.3 Å². The number of hydrogen-bond donors (Lipinski definition) is 2. The Labute approximate surface area is 118 Å². The molecule has 0 saturated heterocycles. The van der Waals surface area contributed by atoms with Gasteiger partial charge in [0.15, 0.2) is 0 Å².